The molecule has 3 N–H and O–H groups in total. The van der Waals surface area contributed by atoms with Gasteiger partial charge in [0.25, 0.3) is 0 Å². The zero-order valence-electron chi connectivity index (χ0n) is 12.5. The summed E-state index contributed by atoms with van der Waals surface area (Å²) in [5.41, 5.74) is 2.04. The van der Waals surface area contributed by atoms with Crippen LogP contribution in [0.25, 0.3) is 10.9 Å². The highest BCUT2D eigenvalue weighted by molar-refractivity contribution is 5.82. The molecule has 0 aliphatic carbocycles. The highest BCUT2D eigenvalue weighted by Gasteiger charge is 2.23. The number of aliphatic hydroxyl groups excluding tert-OH is 1. The number of hydrogen-bond acceptors (Lipinski definition) is 3. The predicted molar refractivity (Wildman–Crippen MR) is 88.1 cm³/mol. The van der Waals surface area contributed by atoms with Crippen molar-refractivity contribution in [1.82, 2.24) is 9.88 Å². The Hall–Kier alpha value is -2.30. The molecule has 3 aromatic rings. The molecule has 4 nitrogen and oxygen atoms in total. The maximum absolute atomic E-state index is 10.6. The second-order valence-corrected chi connectivity index (χ2v) is 5.45. The van der Waals surface area contributed by atoms with Crippen molar-refractivity contribution >= 4 is 10.9 Å². The highest BCUT2D eigenvalue weighted by atomic mass is 16.3. The second-order valence-electron chi connectivity index (χ2n) is 5.45. The monoisotopic (exact) mass is 296 g/mol. The summed E-state index contributed by atoms with van der Waals surface area (Å²) < 4.78 is 2.06. The van der Waals surface area contributed by atoms with Crippen LogP contribution in [-0.4, -0.2) is 34.5 Å². The summed E-state index contributed by atoms with van der Waals surface area (Å²) in [6.45, 7) is 0.497. The standard InChI is InChI=1S/C18H20N2O2/c1-19-12-17(22)18(13-5-3-2-4-6-13)20-10-9-14-11-15(21)7-8-16(14)20/h2-11,17-19,21-22H,12H2,1H3. The van der Waals surface area contributed by atoms with Gasteiger partial charge in [0, 0.05) is 23.6 Å². The van der Waals surface area contributed by atoms with Crippen molar-refractivity contribution < 1.29 is 10.2 Å². The summed E-state index contributed by atoms with van der Waals surface area (Å²) in [5, 5.41) is 24.2. The van der Waals surface area contributed by atoms with Crippen LogP contribution in [0.3, 0.4) is 0 Å². The number of nitrogens with zero attached hydrogens (tertiary/aromatic N) is 1. The Kier molecular flexibility index (Phi) is 4.13. The predicted octanol–water partition coefficient (Wildman–Crippen LogP) is 2.52. The summed E-state index contributed by atoms with van der Waals surface area (Å²) in [6, 6.07) is 17.0. The van der Waals surface area contributed by atoms with E-state index < -0.39 is 6.10 Å². The van der Waals surface area contributed by atoms with Crippen molar-refractivity contribution in [2.75, 3.05) is 13.6 Å². The van der Waals surface area contributed by atoms with Crippen LogP contribution in [-0.2, 0) is 0 Å². The quantitative estimate of drug-likeness (QED) is 0.678. The highest BCUT2D eigenvalue weighted by Crippen LogP contribution is 2.29. The summed E-state index contributed by atoms with van der Waals surface area (Å²) >= 11 is 0. The molecule has 0 fully saturated rings. The van der Waals surface area contributed by atoms with Gasteiger partial charge in [0.15, 0.2) is 0 Å². The minimum Gasteiger partial charge on any atom is -0.508 e. The maximum Gasteiger partial charge on any atom is 0.116 e. The number of fused-ring (bicyclic) bond motifs is 1. The van der Waals surface area contributed by atoms with E-state index in [0.29, 0.717) is 6.54 Å². The molecule has 3 rings (SSSR count). The number of nitrogens with one attached hydrogen (secondary N) is 1. The topological polar surface area (TPSA) is 57.4 Å². The molecule has 1 heterocycles. The van der Waals surface area contributed by atoms with Crippen molar-refractivity contribution in [3.8, 4) is 5.75 Å². The van der Waals surface area contributed by atoms with Gasteiger partial charge in [-0.2, -0.15) is 0 Å². The number of aromatic nitrogens is 1. The third kappa shape index (κ3) is 2.71. The molecular formula is C18H20N2O2. The number of phenols is 1. The van der Waals surface area contributed by atoms with Gasteiger partial charge in [0.1, 0.15) is 5.75 Å². The van der Waals surface area contributed by atoms with Gasteiger partial charge in [0.2, 0.25) is 0 Å². The van der Waals surface area contributed by atoms with Gasteiger partial charge < -0.3 is 20.1 Å². The van der Waals surface area contributed by atoms with Crippen LogP contribution in [0, 0.1) is 0 Å². The van der Waals surface area contributed by atoms with E-state index in [1.807, 2.05) is 55.7 Å². The van der Waals surface area contributed by atoms with Gasteiger partial charge in [0.05, 0.1) is 12.1 Å². The zero-order valence-corrected chi connectivity index (χ0v) is 12.5. The Morgan fingerprint density at radius 2 is 1.86 bits per heavy atom. The van der Waals surface area contributed by atoms with E-state index in [4.69, 9.17) is 0 Å². The van der Waals surface area contributed by atoms with E-state index in [1.165, 1.54) is 0 Å². The van der Waals surface area contributed by atoms with Gasteiger partial charge in [-0.3, -0.25) is 0 Å². The molecule has 4 heteroatoms. The Balaban J connectivity index is 2.11. The molecule has 0 aliphatic heterocycles. The van der Waals surface area contributed by atoms with Crippen LogP contribution in [0.2, 0.25) is 0 Å². The first-order chi connectivity index (χ1) is 10.7. The number of hydrogen-bond donors (Lipinski definition) is 3. The SMILES string of the molecule is CNCC(O)C(c1ccccc1)n1ccc2cc(O)ccc21. The van der Waals surface area contributed by atoms with Crippen molar-refractivity contribution in [3.63, 3.8) is 0 Å². The van der Waals surface area contributed by atoms with Crippen molar-refractivity contribution in [3.05, 3.63) is 66.4 Å². The van der Waals surface area contributed by atoms with Gasteiger partial charge in [-0.05, 0) is 36.9 Å². The number of benzene rings is 2. The molecule has 0 saturated carbocycles. The van der Waals surface area contributed by atoms with Crippen LogP contribution in [0.1, 0.15) is 11.6 Å². The van der Waals surface area contributed by atoms with Crippen molar-refractivity contribution in [2.24, 2.45) is 0 Å². The van der Waals surface area contributed by atoms with Crippen LogP contribution < -0.4 is 5.32 Å². The first kappa shape index (κ1) is 14.6. The average molecular weight is 296 g/mol. The van der Waals surface area contributed by atoms with Crippen LogP contribution >= 0.6 is 0 Å². The molecule has 0 radical (unpaired) electrons. The lowest BCUT2D eigenvalue weighted by Crippen LogP contribution is -2.33. The molecule has 2 unspecified atom stereocenters. The largest absolute Gasteiger partial charge is 0.508 e. The Morgan fingerprint density at radius 3 is 2.59 bits per heavy atom. The first-order valence-electron chi connectivity index (χ1n) is 7.38. The zero-order chi connectivity index (χ0) is 15.5. The fourth-order valence-corrected chi connectivity index (χ4v) is 2.93. The molecule has 0 spiro atoms. The molecular weight excluding hydrogens is 276 g/mol. The molecule has 114 valence electrons. The van der Waals surface area contributed by atoms with Gasteiger partial charge in [-0.25, -0.2) is 0 Å². The smallest absolute Gasteiger partial charge is 0.116 e. The molecule has 22 heavy (non-hydrogen) atoms. The third-order valence-corrected chi connectivity index (χ3v) is 3.92. The lowest BCUT2D eigenvalue weighted by molar-refractivity contribution is 0.132. The van der Waals surface area contributed by atoms with E-state index >= 15 is 0 Å². The number of aliphatic hydroxyl groups is 1. The molecule has 2 atom stereocenters. The van der Waals surface area contributed by atoms with E-state index in [1.54, 1.807) is 12.1 Å². The molecule has 1 aromatic heterocycles. The van der Waals surface area contributed by atoms with E-state index in [2.05, 4.69) is 9.88 Å². The fourth-order valence-electron chi connectivity index (χ4n) is 2.93. The van der Waals surface area contributed by atoms with Crippen molar-refractivity contribution in [1.29, 1.82) is 0 Å². The molecule has 0 bridgehead atoms. The van der Waals surface area contributed by atoms with Gasteiger partial charge in [-0.1, -0.05) is 30.3 Å². The number of likely N-dealkylation sites (N-methyl/N-ethyl adjacent to an activating group) is 1. The average Bonchev–Trinajstić information content (AvgIpc) is 2.92. The van der Waals surface area contributed by atoms with Crippen LogP contribution in [0.15, 0.2) is 60.8 Å². The van der Waals surface area contributed by atoms with E-state index in [-0.39, 0.29) is 11.8 Å². The number of phenolic OH excluding ortho intramolecular Hbond substituents is 1. The Labute approximate surface area is 129 Å². The summed E-state index contributed by atoms with van der Waals surface area (Å²) in [4.78, 5) is 0. The van der Waals surface area contributed by atoms with Gasteiger partial charge >= 0.3 is 0 Å². The number of aromatic hydroxyl groups is 1. The van der Waals surface area contributed by atoms with Crippen LogP contribution in [0.4, 0.5) is 0 Å². The maximum atomic E-state index is 10.6. The lowest BCUT2D eigenvalue weighted by atomic mass is 10.0. The Morgan fingerprint density at radius 1 is 1.09 bits per heavy atom. The van der Waals surface area contributed by atoms with Gasteiger partial charge in [-0.15, -0.1) is 0 Å². The van der Waals surface area contributed by atoms with Crippen molar-refractivity contribution in [2.45, 2.75) is 12.1 Å². The second kappa shape index (κ2) is 6.22. The Bertz CT molecular complexity index is 752. The summed E-state index contributed by atoms with van der Waals surface area (Å²) in [5.74, 6) is 0.247. The van der Waals surface area contributed by atoms with E-state index in [9.17, 15) is 10.2 Å². The molecule has 0 amide bonds. The minimum absolute atomic E-state index is 0.185. The van der Waals surface area contributed by atoms with E-state index in [0.717, 1.165) is 16.5 Å². The normalized spacial score (nSPS) is 14.1. The molecule has 2 aromatic carbocycles. The molecule has 0 aliphatic rings. The minimum atomic E-state index is -0.559. The fraction of sp³-hybridized carbons (Fsp3) is 0.222. The van der Waals surface area contributed by atoms with Crippen LogP contribution in [0.5, 0.6) is 5.75 Å². The first-order valence-corrected chi connectivity index (χ1v) is 7.38. The lowest BCUT2D eigenvalue weighted by Gasteiger charge is -2.26. The third-order valence-electron chi connectivity index (χ3n) is 3.92. The summed E-state index contributed by atoms with van der Waals surface area (Å²) in [7, 11) is 1.83. The molecule has 0 saturated heterocycles. The summed E-state index contributed by atoms with van der Waals surface area (Å²) in [6.07, 6.45) is 1.40. The number of rotatable bonds is 5.